The van der Waals surface area contributed by atoms with E-state index in [-0.39, 0.29) is 16.9 Å². The van der Waals surface area contributed by atoms with Crippen molar-refractivity contribution in [2.45, 2.75) is 20.0 Å². The van der Waals surface area contributed by atoms with Gasteiger partial charge >= 0.3 is 12.2 Å². The Morgan fingerprint density at radius 1 is 1.14 bits per heavy atom. The quantitative estimate of drug-likeness (QED) is 0.564. The highest BCUT2D eigenvalue weighted by atomic mass is 19.4. The topological polar surface area (TPSA) is 86.6 Å². The monoisotopic (exact) mass is 489 g/mol. The van der Waals surface area contributed by atoms with Gasteiger partial charge in [-0.25, -0.2) is 14.7 Å². The number of hydrogen-bond donors (Lipinski definition) is 1. The van der Waals surface area contributed by atoms with Crippen molar-refractivity contribution in [3.63, 3.8) is 0 Å². The molecular formula is C23H26F3N7O2. The smallest absolute Gasteiger partial charge is 0.367 e. The first-order valence-electron chi connectivity index (χ1n) is 11.0. The molecule has 0 aliphatic carbocycles. The fraction of sp³-hybridized carbons (Fsp3) is 0.391. The first-order chi connectivity index (χ1) is 16.5. The van der Waals surface area contributed by atoms with Gasteiger partial charge in [0, 0.05) is 38.9 Å². The third kappa shape index (κ3) is 4.65. The Hall–Kier alpha value is -3.67. The van der Waals surface area contributed by atoms with Crippen molar-refractivity contribution in [3.8, 4) is 0 Å². The molecule has 4 rings (SSSR count). The van der Waals surface area contributed by atoms with Crippen LogP contribution in [-0.4, -0.2) is 65.3 Å². The number of halogens is 3. The lowest BCUT2D eigenvalue weighted by molar-refractivity contribution is -0.138. The van der Waals surface area contributed by atoms with Gasteiger partial charge in [-0.2, -0.15) is 18.3 Å². The zero-order chi connectivity index (χ0) is 25.5. The van der Waals surface area contributed by atoms with Gasteiger partial charge in [-0.1, -0.05) is 6.07 Å². The summed E-state index contributed by atoms with van der Waals surface area (Å²) in [7, 11) is 3.77. The van der Waals surface area contributed by atoms with E-state index in [0.29, 0.717) is 41.9 Å². The van der Waals surface area contributed by atoms with Crippen LogP contribution in [0.1, 0.15) is 16.8 Å². The Morgan fingerprint density at radius 3 is 2.46 bits per heavy atom. The number of carbonyl (C=O) groups excluding carboxylic acids is 2. The molecule has 0 bridgehead atoms. The van der Waals surface area contributed by atoms with Gasteiger partial charge in [-0.05, 0) is 38.6 Å². The van der Waals surface area contributed by atoms with Crippen LogP contribution < -0.4 is 15.1 Å². The van der Waals surface area contributed by atoms with E-state index < -0.39 is 17.8 Å². The highest BCUT2D eigenvalue weighted by molar-refractivity contribution is 6.16. The summed E-state index contributed by atoms with van der Waals surface area (Å²) in [5.74, 6) is 0. The summed E-state index contributed by atoms with van der Waals surface area (Å²) >= 11 is 0. The average Bonchev–Trinajstić information content (AvgIpc) is 3.09. The van der Waals surface area contributed by atoms with Crippen LogP contribution in [0.15, 0.2) is 24.4 Å². The minimum Gasteiger partial charge on any atom is -0.367 e. The van der Waals surface area contributed by atoms with Gasteiger partial charge in [0.05, 0.1) is 34.2 Å². The standard InChI is InChI=1S/C23H26F3N7O2/c1-14-5-6-16(11-17(14)23(24,25)26)28-22(35)33(13-34)18-12-27-21-19(15(2)29-31(21)4)20(18)32-9-7-30(3)8-10-32/h5-6,11-13H,7-10H2,1-4H3,(H,28,35). The maximum Gasteiger partial charge on any atom is 0.416 e. The molecule has 1 aliphatic heterocycles. The summed E-state index contributed by atoms with van der Waals surface area (Å²) < 4.78 is 41.6. The number of alkyl halides is 3. The Labute approximate surface area is 200 Å². The maximum absolute atomic E-state index is 13.3. The summed E-state index contributed by atoms with van der Waals surface area (Å²) in [6, 6.07) is 2.59. The van der Waals surface area contributed by atoms with Gasteiger partial charge in [0.25, 0.3) is 0 Å². The van der Waals surface area contributed by atoms with Crippen LogP contribution in [0.25, 0.3) is 11.0 Å². The molecular weight excluding hydrogens is 463 g/mol. The van der Waals surface area contributed by atoms with Gasteiger partial charge < -0.3 is 15.1 Å². The minimum atomic E-state index is -4.57. The molecule has 0 unspecified atom stereocenters. The number of carbonyl (C=O) groups is 2. The van der Waals surface area contributed by atoms with Crippen LogP contribution in [0.4, 0.5) is 35.0 Å². The number of nitrogens with one attached hydrogen (secondary N) is 1. The average molecular weight is 490 g/mol. The minimum absolute atomic E-state index is 0.0294. The molecule has 3 aromatic rings. The van der Waals surface area contributed by atoms with Crippen LogP contribution in [0, 0.1) is 13.8 Å². The summed E-state index contributed by atoms with van der Waals surface area (Å²) in [4.78, 5) is 34.8. The highest BCUT2D eigenvalue weighted by Crippen LogP contribution is 2.38. The second kappa shape index (κ2) is 9.17. The summed E-state index contributed by atoms with van der Waals surface area (Å²) in [6.45, 7) is 6.02. The Bertz CT molecular complexity index is 1280. The lowest BCUT2D eigenvalue weighted by Gasteiger charge is -2.36. The molecule has 1 aliphatic rings. The largest absolute Gasteiger partial charge is 0.416 e. The van der Waals surface area contributed by atoms with E-state index in [4.69, 9.17) is 0 Å². The van der Waals surface area contributed by atoms with Gasteiger partial charge in [-0.15, -0.1) is 0 Å². The molecule has 1 aromatic carbocycles. The lowest BCUT2D eigenvalue weighted by atomic mass is 10.1. The summed E-state index contributed by atoms with van der Waals surface area (Å²) in [5, 5.41) is 7.57. The summed E-state index contributed by atoms with van der Waals surface area (Å²) in [5.41, 5.74) is 1.24. The number of aromatic nitrogens is 3. The molecule has 0 radical (unpaired) electrons. The van der Waals surface area contributed by atoms with Crippen LogP contribution in [0.3, 0.4) is 0 Å². The molecule has 1 saturated heterocycles. The SMILES string of the molecule is Cc1ccc(NC(=O)N(C=O)c2cnc3c(c(C)nn3C)c2N2CCN(C)CC2)cc1C(F)(F)F. The number of imide groups is 1. The first-order valence-corrected chi connectivity index (χ1v) is 11.0. The molecule has 0 spiro atoms. The molecule has 186 valence electrons. The fourth-order valence-electron chi connectivity index (χ4n) is 4.31. The van der Waals surface area contributed by atoms with Crippen molar-refractivity contribution in [2.75, 3.05) is 48.3 Å². The van der Waals surface area contributed by atoms with Gasteiger partial charge in [0.1, 0.15) is 0 Å². The van der Waals surface area contributed by atoms with Gasteiger partial charge in [-0.3, -0.25) is 9.48 Å². The van der Waals surface area contributed by atoms with Crippen LogP contribution in [-0.2, 0) is 18.0 Å². The Kier molecular flexibility index (Phi) is 6.41. The molecule has 0 atom stereocenters. The van der Waals surface area contributed by atoms with Crippen molar-refractivity contribution < 1.29 is 22.8 Å². The van der Waals surface area contributed by atoms with Gasteiger partial charge in [0.2, 0.25) is 6.41 Å². The molecule has 3 amide bonds. The molecule has 35 heavy (non-hydrogen) atoms. The number of fused-ring (bicyclic) bond motifs is 1. The number of rotatable bonds is 4. The number of pyridine rings is 1. The molecule has 0 saturated carbocycles. The normalized spacial score (nSPS) is 14.9. The van der Waals surface area contributed by atoms with E-state index in [0.717, 1.165) is 24.1 Å². The zero-order valence-electron chi connectivity index (χ0n) is 19.8. The van der Waals surface area contributed by atoms with E-state index in [1.54, 1.807) is 11.7 Å². The molecule has 12 heteroatoms. The number of nitrogens with zero attached hydrogens (tertiary/aromatic N) is 6. The predicted molar refractivity (Wildman–Crippen MR) is 127 cm³/mol. The van der Waals surface area contributed by atoms with Crippen molar-refractivity contribution in [1.29, 1.82) is 0 Å². The van der Waals surface area contributed by atoms with E-state index in [9.17, 15) is 22.8 Å². The Morgan fingerprint density at radius 2 is 1.83 bits per heavy atom. The fourth-order valence-corrected chi connectivity index (χ4v) is 4.31. The van der Waals surface area contributed by atoms with E-state index in [1.807, 2.05) is 14.0 Å². The maximum atomic E-state index is 13.3. The lowest BCUT2D eigenvalue weighted by Crippen LogP contribution is -2.45. The molecule has 9 nitrogen and oxygen atoms in total. The number of urea groups is 1. The third-order valence-electron chi connectivity index (χ3n) is 6.18. The van der Waals surface area contributed by atoms with Crippen molar-refractivity contribution in [3.05, 3.63) is 41.2 Å². The number of amides is 3. The van der Waals surface area contributed by atoms with Crippen LogP contribution in [0.2, 0.25) is 0 Å². The predicted octanol–water partition coefficient (Wildman–Crippen LogP) is 3.55. The second-order valence-corrected chi connectivity index (χ2v) is 8.62. The van der Waals surface area contributed by atoms with Crippen molar-refractivity contribution in [2.24, 2.45) is 7.05 Å². The zero-order valence-corrected chi connectivity index (χ0v) is 19.8. The second-order valence-electron chi connectivity index (χ2n) is 8.62. The molecule has 3 heterocycles. The van der Waals surface area contributed by atoms with E-state index in [1.165, 1.54) is 25.3 Å². The molecule has 1 N–H and O–H groups in total. The van der Waals surface area contributed by atoms with E-state index in [2.05, 4.69) is 25.2 Å². The third-order valence-corrected chi connectivity index (χ3v) is 6.18. The Balaban J connectivity index is 1.76. The van der Waals surface area contributed by atoms with Gasteiger partial charge in [0.15, 0.2) is 5.65 Å². The first kappa shape index (κ1) is 24.5. The molecule has 1 fully saturated rings. The number of piperazine rings is 1. The number of hydrogen-bond acceptors (Lipinski definition) is 6. The number of anilines is 3. The number of benzene rings is 1. The number of aryl methyl sites for hydroxylation is 3. The number of likely N-dealkylation sites (N-methyl/N-ethyl adjacent to an activating group) is 1. The van der Waals surface area contributed by atoms with Crippen molar-refractivity contribution >= 4 is 40.5 Å². The van der Waals surface area contributed by atoms with Crippen LogP contribution >= 0.6 is 0 Å². The van der Waals surface area contributed by atoms with E-state index >= 15 is 0 Å². The highest BCUT2D eigenvalue weighted by Gasteiger charge is 2.33. The summed E-state index contributed by atoms with van der Waals surface area (Å²) in [6.07, 6.45) is -2.82. The van der Waals surface area contributed by atoms with Crippen LogP contribution in [0.5, 0.6) is 0 Å². The van der Waals surface area contributed by atoms with Crippen molar-refractivity contribution in [1.82, 2.24) is 19.7 Å². The molecule has 2 aromatic heterocycles.